The minimum atomic E-state index is -0.506. The molecule has 1 atom stereocenters. The van der Waals surface area contributed by atoms with Crippen LogP contribution in [0.15, 0.2) is 0 Å². The first-order chi connectivity index (χ1) is 6.02. The van der Waals surface area contributed by atoms with E-state index in [0.29, 0.717) is 0 Å². The number of nitrogens with zero attached hydrogens (tertiary/aromatic N) is 1. The van der Waals surface area contributed by atoms with Crippen LogP contribution in [-0.4, -0.2) is 22.1 Å². The van der Waals surface area contributed by atoms with Gasteiger partial charge < -0.3 is 11.1 Å². The summed E-state index contributed by atoms with van der Waals surface area (Å²) in [5.41, 5.74) is 7.74. The Morgan fingerprint density at radius 1 is 1.62 bits per heavy atom. The highest BCUT2D eigenvalue weighted by Crippen LogP contribution is 2.15. The number of anilines is 1. The van der Waals surface area contributed by atoms with Crippen LogP contribution in [0.25, 0.3) is 0 Å². The van der Waals surface area contributed by atoms with Gasteiger partial charge in [0.15, 0.2) is 0 Å². The van der Waals surface area contributed by atoms with Crippen LogP contribution < -0.4 is 11.1 Å². The lowest BCUT2D eigenvalue weighted by molar-refractivity contribution is -0.117. The number of nitrogens with one attached hydrogen (secondary N) is 2. The van der Waals surface area contributed by atoms with Gasteiger partial charge in [-0.3, -0.25) is 9.89 Å². The summed E-state index contributed by atoms with van der Waals surface area (Å²) in [5.74, 6) is -0.201. The van der Waals surface area contributed by atoms with Crippen LogP contribution in [0, 0.1) is 13.8 Å². The molecule has 4 N–H and O–H groups in total. The lowest BCUT2D eigenvalue weighted by Crippen LogP contribution is -2.32. The van der Waals surface area contributed by atoms with E-state index in [2.05, 4.69) is 15.5 Å². The Morgan fingerprint density at radius 3 is 2.62 bits per heavy atom. The Labute approximate surface area is 76.7 Å². The molecule has 0 fully saturated rings. The van der Waals surface area contributed by atoms with Crippen molar-refractivity contribution in [2.45, 2.75) is 26.8 Å². The molecule has 0 saturated heterocycles. The molecule has 1 rings (SSSR count). The third kappa shape index (κ3) is 2.06. The number of H-pyrrole nitrogens is 1. The Morgan fingerprint density at radius 2 is 2.23 bits per heavy atom. The van der Waals surface area contributed by atoms with Crippen LogP contribution >= 0.6 is 0 Å². The average molecular weight is 182 g/mol. The monoisotopic (exact) mass is 182 g/mol. The van der Waals surface area contributed by atoms with E-state index in [1.54, 1.807) is 6.92 Å². The van der Waals surface area contributed by atoms with Crippen molar-refractivity contribution in [3.05, 3.63) is 11.4 Å². The van der Waals surface area contributed by atoms with E-state index >= 15 is 0 Å². The van der Waals surface area contributed by atoms with Gasteiger partial charge in [-0.15, -0.1) is 0 Å². The van der Waals surface area contributed by atoms with Crippen LogP contribution in [0.5, 0.6) is 0 Å². The van der Waals surface area contributed by atoms with E-state index in [9.17, 15) is 4.79 Å². The molecule has 72 valence electrons. The Hall–Kier alpha value is -1.36. The van der Waals surface area contributed by atoms with E-state index < -0.39 is 6.04 Å². The summed E-state index contributed by atoms with van der Waals surface area (Å²) in [6.07, 6.45) is 0. The van der Waals surface area contributed by atoms with Gasteiger partial charge in [0.1, 0.15) is 0 Å². The molecule has 0 aliphatic carbocycles. The van der Waals surface area contributed by atoms with E-state index in [0.717, 1.165) is 17.1 Å². The van der Waals surface area contributed by atoms with Gasteiger partial charge in [0.2, 0.25) is 5.91 Å². The minimum absolute atomic E-state index is 0.201. The highest BCUT2D eigenvalue weighted by atomic mass is 16.2. The number of amides is 1. The van der Waals surface area contributed by atoms with Gasteiger partial charge in [-0.05, 0) is 20.8 Å². The number of carbonyl (C=O) groups excluding carboxylic acids is 1. The summed E-state index contributed by atoms with van der Waals surface area (Å²) >= 11 is 0. The molecular weight excluding hydrogens is 168 g/mol. The Balaban J connectivity index is 2.79. The van der Waals surface area contributed by atoms with Gasteiger partial charge in [0.25, 0.3) is 0 Å². The van der Waals surface area contributed by atoms with Crippen LogP contribution in [0.3, 0.4) is 0 Å². The maximum Gasteiger partial charge on any atom is 0.241 e. The molecule has 0 radical (unpaired) electrons. The van der Waals surface area contributed by atoms with Crippen molar-refractivity contribution in [1.82, 2.24) is 10.2 Å². The summed E-state index contributed by atoms with van der Waals surface area (Å²) in [4.78, 5) is 11.2. The number of aryl methyl sites for hydroxylation is 2. The van der Waals surface area contributed by atoms with Gasteiger partial charge in [-0.2, -0.15) is 5.10 Å². The zero-order chi connectivity index (χ0) is 10.0. The number of hydrogen-bond donors (Lipinski definition) is 3. The fourth-order valence-electron chi connectivity index (χ4n) is 0.972. The normalized spacial score (nSPS) is 12.6. The first kappa shape index (κ1) is 9.73. The first-order valence-corrected chi connectivity index (χ1v) is 4.10. The molecule has 1 aromatic heterocycles. The van der Waals surface area contributed by atoms with Gasteiger partial charge in [0.05, 0.1) is 23.1 Å². The minimum Gasteiger partial charge on any atom is -0.322 e. The summed E-state index contributed by atoms with van der Waals surface area (Å²) in [6, 6.07) is -0.506. The molecule has 0 aliphatic rings. The van der Waals surface area contributed by atoms with E-state index in [4.69, 9.17) is 5.73 Å². The molecule has 1 aromatic rings. The number of aromatic amines is 1. The molecule has 0 saturated carbocycles. The summed E-state index contributed by atoms with van der Waals surface area (Å²) < 4.78 is 0. The molecule has 0 aliphatic heterocycles. The quantitative estimate of drug-likeness (QED) is 0.615. The smallest absolute Gasteiger partial charge is 0.241 e. The number of aromatic nitrogens is 2. The Kier molecular flexibility index (Phi) is 2.67. The molecule has 5 heteroatoms. The molecule has 0 bridgehead atoms. The molecule has 0 spiro atoms. The molecule has 13 heavy (non-hydrogen) atoms. The number of carbonyl (C=O) groups is 1. The van der Waals surface area contributed by atoms with E-state index in [-0.39, 0.29) is 5.91 Å². The molecule has 5 nitrogen and oxygen atoms in total. The second kappa shape index (κ2) is 3.57. The van der Waals surface area contributed by atoms with Crippen molar-refractivity contribution >= 4 is 11.6 Å². The lowest BCUT2D eigenvalue weighted by Gasteiger charge is -2.06. The highest BCUT2D eigenvalue weighted by Gasteiger charge is 2.12. The van der Waals surface area contributed by atoms with Gasteiger partial charge in [-0.25, -0.2) is 0 Å². The van der Waals surface area contributed by atoms with Crippen molar-refractivity contribution in [2.75, 3.05) is 5.32 Å². The SMILES string of the molecule is Cc1n[nH]c(C)c1NC(=O)C(C)N. The van der Waals surface area contributed by atoms with Crippen molar-refractivity contribution in [1.29, 1.82) is 0 Å². The van der Waals surface area contributed by atoms with Crippen molar-refractivity contribution in [3.63, 3.8) is 0 Å². The fraction of sp³-hybridized carbons (Fsp3) is 0.500. The number of hydrogen-bond acceptors (Lipinski definition) is 3. The lowest BCUT2D eigenvalue weighted by atomic mass is 10.3. The molecule has 1 unspecified atom stereocenters. The van der Waals surface area contributed by atoms with Crippen LogP contribution in [0.2, 0.25) is 0 Å². The molecular formula is C8H14N4O. The summed E-state index contributed by atoms with van der Waals surface area (Å²) in [7, 11) is 0. The van der Waals surface area contributed by atoms with Crippen molar-refractivity contribution in [2.24, 2.45) is 5.73 Å². The van der Waals surface area contributed by atoms with E-state index in [1.807, 2.05) is 13.8 Å². The van der Waals surface area contributed by atoms with Crippen LogP contribution in [-0.2, 0) is 4.79 Å². The van der Waals surface area contributed by atoms with E-state index in [1.165, 1.54) is 0 Å². The first-order valence-electron chi connectivity index (χ1n) is 4.10. The maximum absolute atomic E-state index is 11.2. The van der Waals surface area contributed by atoms with Gasteiger partial charge >= 0.3 is 0 Å². The van der Waals surface area contributed by atoms with Crippen molar-refractivity contribution < 1.29 is 4.79 Å². The number of rotatable bonds is 2. The average Bonchev–Trinajstić information content (AvgIpc) is 2.35. The molecule has 1 heterocycles. The zero-order valence-electron chi connectivity index (χ0n) is 8.01. The zero-order valence-corrected chi connectivity index (χ0v) is 8.01. The maximum atomic E-state index is 11.2. The predicted octanol–water partition coefficient (Wildman–Crippen LogP) is 0.312. The van der Waals surface area contributed by atoms with Crippen LogP contribution in [0.4, 0.5) is 5.69 Å². The standard InChI is InChI=1S/C8H14N4O/c1-4(9)8(13)10-7-5(2)11-12-6(7)3/h4H,9H2,1-3H3,(H,10,13)(H,11,12). The summed E-state index contributed by atoms with van der Waals surface area (Å²) in [6.45, 7) is 5.30. The second-order valence-electron chi connectivity index (χ2n) is 3.09. The van der Waals surface area contributed by atoms with Gasteiger partial charge in [0, 0.05) is 0 Å². The third-order valence-electron chi connectivity index (χ3n) is 1.79. The Bertz CT molecular complexity index is 296. The number of nitrogens with two attached hydrogens (primary N) is 1. The van der Waals surface area contributed by atoms with Gasteiger partial charge in [-0.1, -0.05) is 0 Å². The third-order valence-corrected chi connectivity index (χ3v) is 1.79. The largest absolute Gasteiger partial charge is 0.322 e. The summed E-state index contributed by atoms with van der Waals surface area (Å²) in [5, 5.41) is 9.42. The predicted molar refractivity (Wildman–Crippen MR) is 50.3 cm³/mol. The fourth-order valence-corrected chi connectivity index (χ4v) is 0.972. The second-order valence-corrected chi connectivity index (χ2v) is 3.09. The topological polar surface area (TPSA) is 83.8 Å². The molecule has 1 amide bonds. The van der Waals surface area contributed by atoms with Crippen molar-refractivity contribution in [3.8, 4) is 0 Å². The van der Waals surface area contributed by atoms with Crippen LogP contribution in [0.1, 0.15) is 18.3 Å². The highest BCUT2D eigenvalue weighted by molar-refractivity contribution is 5.95. The molecule has 0 aromatic carbocycles.